The predicted molar refractivity (Wildman–Crippen MR) is 116 cm³/mol. The minimum atomic E-state index is -4.58. The van der Waals surface area contributed by atoms with Crippen LogP contribution < -0.4 is 10.6 Å². The number of nitrogens with one attached hydrogen (secondary N) is 3. The van der Waals surface area contributed by atoms with Crippen LogP contribution in [-0.2, 0) is 4.79 Å². The number of aliphatic carboxylic acids is 1. The molecule has 3 aromatic rings. The first-order chi connectivity index (χ1) is 16.4. The van der Waals surface area contributed by atoms with Gasteiger partial charge >= 0.3 is 12.1 Å². The van der Waals surface area contributed by atoms with Gasteiger partial charge in [-0.25, -0.2) is 9.78 Å². The van der Waals surface area contributed by atoms with Crippen molar-refractivity contribution in [3.8, 4) is 22.7 Å². The zero-order chi connectivity index (χ0) is 25.9. The Morgan fingerprint density at radius 3 is 2.37 bits per heavy atom. The number of carboxylic acid groups (broad SMARTS) is 1. The van der Waals surface area contributed by atoms with Crippen molar-refractivity contribution in [3.63, 3.8) is 0 Å². The summed E-state index contributed by atoms with van der Waals surface area (Å²) in [5.74, 6) is -3.35. The van der Waals surface area contributed by atoms with Crippen molar-refractivity contribution in [1.82, 2.24) is 25.8 Å². The number of aromatic amines is 1. The second-order valence-electron chi connectivity index (χ2n) is 8.05. The summed E-state index contributed by atoms with van der Waals surface area (Å²) in [6.45, 7) is 4.13. The molecule has 1 aromatic carbocycles. The van der Waals surface area contributed by atoms with Gasteiger partial charge < -0.3 is 20.2 Å². The van der Waals surface area contributed by atoms with E-state index >= 15 is 0 Å². The molecule has 2 atom stereocenters. The molecule has 0 radical (unpaired) electrons. The topological polar surface area (TPSA) is 150 Å². The lowest BCUT2D eigenvalue weighted by Crippen LogP contribution is -2.44. The maximum absolute atomic E-state index is 12.7. The van der Waals surface area contributed by atoms with Gasteiger partial charge in [-0.05, 0) is 31.0 Å². The van der Waals surface area contributed by atoms with Gasteiger partial charge in [0.25, 0.3) is 11.8 Å². The zero-order valence-corrected chi connectivity index (χ0v) is 18.8. The molecule has 2 heterocycles. The fraction of sp³-hybridized carbons (Fsp3) is 0.318. The van der Waals surface area contributed by atoms with Gasteiger partial charge in [-0.2, -0.15) is 18.3 Å². The molecule has 0 aliphatic heterocycles. The normalized spacial score (nSPS) is 13.3. The first kappa shape index (κ1) is 25.5. The summed E-state index contributed by atoms with van der Waals surface area (Å²) >= 11 is 0. The minimum absolute atomic E-state index is 0.0703. The second-order valence-corrected chi connectivity index (χ2v) is 8.05. The van der Waals surface area contributed by atoms with E-state index in [4.69, 9.17) is 4.42 Å². The van der Waals surface area contributed by atoms with E-state index in [1.165, 1.54) is 6.07 Å². The number of oxazole rings is 1. The Balaban J connectivity index is 1.76. The molecular weight excluding hydrogens is 471 g/mol. The van der Waals surface area contributed by atoms with Gasteiger partial charge in [0.2, 0.25) is 11.7 Å². The molecule has 0 aliphatic rings. The maximum Gasteiger partial charge on any atom is 0.408 e. The number of nitrogens with zero attached hydrogens (tertiary/aromatic N) is 2. The molecular formula is C22H22F3N5O5. The van der Waals surface area contributed by atoms with Crippen molar-refractivity contribution < 1.29 is 37.1 Å². The lowest BCUT2D eigenvalue weighted by Gasteiger charge is -2.16. The number of carbonyl (C=O) groups excluding carboxylic acids is 2. The van der Waals surface area contributed by atoms with E-state index in [1.54, 1.807) is 38.1 Å². The zero-order valence-electron chi connectivity index (χ0n) is 18.8. The van der Waals surface area contributed by atoms with Gasteiger partial charge in [-0.15, -0.1) is 0 Å². The van der Waals surface area contributed by atoms with E-state index in [2.05, 4.69) is 20.5 Å². The van der Waals surface area contributed by atoms with Crippen molar-refractivity contribution in [2.75, 3.05) is 0 Å². The first-order valence-electron chi connectivity index (χ1n) is 10.4. The fourth-order valence-electron chi connectivity index (χ4n) is 2.99. The van der Waals surface area contributed by atoms with E-state index in [0.29, 0.717) is 11.1 Å². The Labute approximate surface area is 196 Å². The highest BCUT2D eigenvalue weighted by atomic mass is 19.4. The van der Waals surface area contributed by atoms with Crippen molar-refractivity contribution in [3.05, 3.63) is 48.0 Å². The van der Waals surface area contributed by atoms with Crippen LogP contribution in [0.1, 0.15) is 41.8 Å². The number of amides is 2. The number of alkyl halides is 3. The largest absolute Gasteiger partial charge is 0.480 e. The van der Waals surface area contributed by atoms with Gasteiger partial charge in [0.1, 0.15) is 17.8 Å². The SMILES string of the molecule is CC(C)[C@H](NC(=O)c1cnc(-c2cccc(-c3cc(C(=O)NC(C)C(F)(F)F)[nH]n3)c2)o1)C(=O)O. The van der Waals surface area contributed by atoms with E-state index < -0.39 is 36.0 Å². The quantitative estimate of drug-likeness (QED) is 0.376. The summed E-state index contributed by atoms with van der Waals surface area (Å²) in [4.78, 5) is 39.8. The lowest BCUT2D eigenvalue weighted by molar-refractivity contribution is -0.149. The summed E-state index contributed by atoms with van der Waals surface area (Å²) in [5.41, 5.74) is 1.06. The van der Waals surface area contributed by atoms with Crippen LogP contribution in [0.4, 0.5) is 13.2 Å². The molecule has 4 N–H and O–H groups in total. The summed E-state index contributed by atoms with van der Waals surface area (Å²) in [7, 11) is 0. The highest BCUT2D eigenvalue weighted by Crippen LogP contribution is 2.26. The van der Waals surface area contributed by atoms with Crippen LogP contribution in [0, 0.1) is 5.92 Å². The van der Waals surface area contributed by atoms with Crippen LogP contribution in [0.5, 0.6) is 0 Å². The summed E-state index contributed by atoms with van der Waals surface area (Å²) in [6.07, 6.45) is -3.42. The fourth-order valence-corrected chi connectivity index (χ4v) is 2.99. The van der Waals surface area contributed by atoms with Crippen molar-refractivity contribution in [1.29, 1.82) is 0 Å². The molecule has 0 saturated heterocycles. The summed E-state index contributed by atoms with van der Waals surface area (Å²) < 4.78 is 43.5. The molecule has 186 valence electrons. The van der Waals surface area contributed by atoms with Crippen LogP contribution >= 0.6 is 0 Å². The molecule has 1 unspecified atom stereocenters. The molecule has 10 nitrogen and oxygen atoms in total. The van der Waals surface area contributed by atoms with Crippen LogP contribution in [0.2, 0.25) is 0 Å². The molecule has 2 amide bonds. The monoisotopic (exact) mass is 493 g/mol. The number of hydrogen-bond donors (Lipinski definition) is 4. The molecule has 3 rings (SSSR count). The van der Waals surface area contributed by atoms with E-state index in [0.717, 1.165) is 13.1 Å². The second kappa shape index (κ2) is 9.99. The molecule has 0 spiro atoms. The van der Waals surface area contributed by atoms with Crippen LogP contribution in [-0.4, -0.2) is 56.3 Å². The van der Waals surface area contributed by atoms with Gasteiger partial charge in [-0.3, -0.25) is 14.7 Å². The van der Waals surface area contributed by atoms with Crippen LogP contribution in [0.3, 0.4) is 0 Å². The van der Waals surface area contributed by atoms with Gasteiger partial charge in [0, 0.05) is 11.1 Å². The molecule has 0 bridgehead atoms. The number of aromatic nitrogens is 3. The molecule has 0 aliphatic carbocycles. The Kier molecular flexibility index (Phi) is 7.27. The van der Waals surface area contributed by atoms with Crippen molar-refractivity contribution >= 4 is 17.8 Å². The number of benzene rings is 1. The predicted octanol–water partition coefficient (Wildman–Crippen LogP) is 3.25. The minimum Gasteiger partial charge on any atom is -0.480 e. The third kappa shape index (κ3) is 6.05. The van der Waals surface area contributed by atoms with E-state index in [-0.39, 0.29) is 29.0 Å². The third-order valence-electron chi connectivity index (χ3n) is 5.02. The molecule has 35 heavy (non-hydrogen) atoms. The smallest absolute Gasteiger partial charge is 0.408 e. The highest BCUT2D eigenvalue weighted by molar-refractivity contribution is 5.95. The van der Waals surface area contributed by atoms with Crippen molar-refractivity contribution in [2.24, 2.45) is 5.92 Å². The van der Waals surface area contributed by atoms with E-state index in [1.807, 2.05) is 5.32 Å². The van der Waals surface area contributed by atoms with Crippen molar-refractivity contribution in [2.45, 2.75) is 39.0 Å². The average Bonchev–Trinajstić information content (AvgIpc) is 3.46. The van der Waals surface area contributed by atoms with Crippen LogP contribution in [0.15, 0.2) is 40.9 Å². The summed E-state index contributed by atoms with van der Waals surface area (Å²) in [6, 6.07) is 4.67. The van der Waals surface area contributed by atoms with Gasteiger partial charge in [0.15, 0.2) is 0 Å². The van der Waals surface area contributed by atoms with Gasteiger partial charge in [0.05, 0.1) is 11.9 Å². The third-order valence-corrected chi connectivity index (χ3v) is 5.02. The maximum atomic E-state index is 12.7. The number of carboxylic acids is 1. The van der Waals surface area contributed by atoms with Gasteiger partial charge in [-0.1, -0.05) is 26.0 Å². The molecule has 13 heteroatoms. The number of carbonyl (C=O) groups is 3. The highest BCUT2D eigenvalue weighted by Gasteiger charge is 2.37. The molecule has 0 fully saturated rings. The Hall–Kier alpha value is -4.16. The Morgan fingerprint density at radius 2 is 1.74 bits per heavy atom. The number of rotatable bonds is 8. The Bertz CT molecular complexity index is 1230. The van der Waals surface area contributed by atoms with E-state index in [9.17, 15) is 32.7 Å². The number of halogens is 3. The molecule has 2 aromatic heterocycles. The summed E-state index contributed by atoms with van der Waals surface area (Å²) in [5, 5.41) is 19.8. The first-order valence-corrected chi connectivity index (χ1v) is 10.4. The number of hydrogen-bond acceptors (Lipinski definition) is 6. The lowest BCUT2D eigenvalue weighted by atomic mass is 10.0. The molecule has 0 saturated carbocycles. The number of H-pyrrole nitrogens is 1. The average molecular weight is 493 g/mol. The standard InChI is InChI=1S/C22H22F3N5O5/c1-10(2)17(21(33)34)28-19(32)16-9-26-20(35-16)13-6-4-5-12(7-13)14-8-15(30-29-14)18(31)27-11(3)22(23,24)25/h4-11,17H,1-3H3,(H,27,31)(H,28,32)(H,29,30)(H,33,34)/t11?,17-/m0/s1. The Morgan fingerprint density at radius 1 is 1.06 bits per heavy atom. The van der Waals surface area contributed by atoms with Crippen LogP contribution in [0.25, 0.3) is 22.7 Å².